The first-order valence-corrected chi connectivity index (χ1v) is 2.87. The van der Waals surface area contributed by atoms with Crippen molar-refractivity contribution in [3.05, 3.63) is 0 Å². The second kappa shape index (κ2) is 6.23. The van der Waals surface area contributed by atoms with Crippen LogP contribution in [0, 0.1) is 0 Å². The number of hydrogen-bond donors (Lipinski definition) is 3. The molecule has 0 bridgehead atoms. The van der Waals surface area contributed by atoms with E-state index in [2.05, 4.69) is 10.0 Å². The van der Waals surface area contributed by atoms with E-state index in [1.807, 2.05) is 7.05 Å². The predicted molar refractivity (Wildman–Crippen MR) is 32.1 cm³/mol. The normalized spacial score (nSPS) is 9.43. The van der Waals surface area contributed by atoms with Crippen LogP contribution in [0.5, 0.6) is 0 Å². The maximum Gasteiger partial charge on any atom is 0.0760 e. The third kappa shape index (κ3) is 6.23. The van der Waals surface area contributed by atoms with Gasteiger partial charge in [-0.05, 0) is 7.05 Å². The smallest absolute Gasteiger partial charge is 0.0760 e. The Bertz CT molecular complexity index is 32.1. The molecule has 7 heavy (non-hydrogen) atoms. The number of likely N-dealkylation sites (N-methyl/N-ethyl adjacent to an activating group) is 1. The molecule has 3 N–H and O–H groups in total. The highest BCUT2D eigenvalue weighted by Crippen LogP contribution is 1.75. The van der Waals surface area contributed by atoms with Gasteiger partial charge in [0, 0.05) is 13.1 Å². The van der Waals surface area contributed by atoms with Crippen LogP contribution in [0.25, 0.3) is 0 Å². The Balaban J connectivity index is 2.45. The fourth-order valence-electron chi connectivity index (χ4n) is 0.222. The molecule has 0 saturated carbocycles. The molecule has 0 aliphatic rings. The van der Waals surface area contributed by atoms with Gasteiger partial charge in [-0.1, -0.05) is 0 Å². The van der Waals surface area contributed by atoms with Crippen molar-refractivity contribution in [3.63, 3.8) is 0 Å². The van der Waals surface area contributed by atoms with E-state index in [1.165, 1.54) is 0 Å². The van der Waals surface area contributed by atoms with Gasteiger partial charge >= 0.3 is 0 Å². The maximum absolute atomic E-state index is 8.07. The Hall–Kier alpha value is 0.230. The zero-order valence-corrected chi connectivity index (χ0v) is 5.09. The van der Waals surface area contributed by atoms with Crippen molar-refractivity contribution < 1.29 is 4.55 Å². The minimum absolute atomic E-state index is 0.652. The zero-order chi connectivity index (χ0) is 5.54. The number of hydrogen-bond acceptors (Lipinski definition) is 4. The summed E-state index contributed by atoms with van der Waals surface area (Å²) < 4.78 is 10.7. The summed E-state index contributed by atoms with van der Waals surface area (Å²) in [5, 5.41) is 2.92. The average molecular weight is 122 g/mol. The molecule has 0 aliphatic heterocycles. The average Bonchev–Trinajstić information content (AvgIpc) is 1.69. The van der Waals surface area contributed by atoms with Crippen LogP contribution in [0.4, 0.5) is 0 Å². The first-order valence-electron chi connectivity index (χ1n) is 2.09. The topological polar surface area (TPSA) is 44.3 Å². The molecule has 0 aromatic heterocycles. The van der Waals surface area contributed by atoms with Crippen molar-refractivity contribution in [3.8, 4) is 0 Å². The Morgan fingerprint density at radius 2 is 2.29 bits per heavy atom. The first kappa shape index (κ1) is 7.23. The van der Waals surface area contributed by atoms with Crippen LogP contribution in [-0.4, -0.2) is 24.7 Å². The van der Waals surface area contributed by atoms with Crippen LogP contribution < -0.4 is 10.0 Å². The first-order chi connectivity index (χ1) is 3.41. The van der Waals surface area contributed by atoms with Crippen molar-refractivity contribution in [1.29, 1.82) is 0 Å². The van der Waals surface area contributed by atoms with Gasteiger partial charge in [0.15, 0.2) is 0 Å². The minimum Gasteiger partial charge on any atom is -0.318 e. The summed E-state index contributed by atoms with van der Waals surface area (Å²) in [7, 11) is 1.86. The summed E-state index contributed by atoms with van der Waals surface area (Å²) in [6.45, 7) is 1.67. The molecule has 0 fully saturated rings. The molecule has 0 rings (SSSR count). The monoisotopic (exact) mass is 122 g/mol. The third-order valence-corrected chi connectivity index (χ3v) is 0.875. The lowest BCUT2D eigenvalue weighted by atomic mass is 10.7. The van der Waals surface area contributed by atoms with Crippen molar-refractivity contribution in [2.45, 2.75) is 0 Å². The van der Waals surface area contributed by atoms with Crippen LogP contribution in [0.1, 0.15) is 0 Å². The molecule has 4 heteroatoms. The highest BCUT2D eigenvalue weighted by molar-refractivity contribution is 7.91. The van der Waals surface area contributed by atoms with Crippen LogP contribution in [0.2, 0.25) is 0 Å². The lowest BCUT2D eigenvalue weighted by molar-refractivity contribution is 0.645. The summed E-state index contributed by atoms with van der Waals surface area (Å²) in [6, 6.07) is 0. The van der Waals surface area contributed by atoms with E-state index in [0.717, 1.165) is 13.1 Å². The molecule has 3 nitrogen and oxygen atoms in total. The van der Waals surface area contributed by atoms with E-state index in [0.29, 0.717) is 12.2 Å². The molecule has 0 radical (unpaired) electrons. The molecule has 0 aromatic rings. The van der Waals surface area contributed by atoms with Gasteiger partial charge in [0.05, 0.1) is 12.2 Å². The van der Waals surface area contributed by atoms with E-state index >= 15 is 0 Å². The van der Waals surface area contributed by atoms with Crippen LogP contribution >= 0.6 is 12.2 Å². The Morgan fingerprint density at radius 1 is 1.57 bits per heavy atom. The Labute approximate surface area is 47.8 Å². The molecule has 0 saturated heterocycles. The van der Waals surface area contributed by atoms with E-state index < -0.39 is 0 Å². The largest absolute Gasteiger partial charge is 0.318 e. The molecule has 0 unspecified atom stereocenters. The molecule has 0 amide bonds. The molecule has 0 atom stereocenters. The van der Waals surface area contributed by atoms with Gasteiger partial charge in [-0.2, -0.15) is 0 Å². The summed E-state index contributed by atoms with van der Waals surface area (Å²) in [5.74, 6) is 0. The van der Waals surface area contributed by atoms with Gasteiger partial charge < -0.3 is 9.87 Å². The van der Waals surface area contributed by atoms with Crippen LogP contribution in [-0.2, 0) is 0 Å². The summed E-state index contributed by atoms with van der Waals surface area (Å²) >= 11 is 0.652. The second-order valence-electron chi connectivity index (χ2n) is 1.09. The molecule has 0 aliphatic carbocycles. The zero-order valence-electron chi connectivity index (χ0n) is 4.27. The molecule has 0 aromatic carbocycles. The van der Waals surface area contributed by atoms with Gasteiger partial charge in [-0.25, -0.2) is 4.72 Å². The standard InChI is InChI=1S/C3H10N2OS/c1-4-2-3-5-7-6/h4-6H,2-3H2,1H3. The third-order valence-electron chi connectivity index (χ3n) is 0.542. The van der Waals surface area contributed by atoms with Gasteiger partial charge in [-0.15, -0.1) is 0 Å². The summed E-state index contributed by atoms with van der Waals surface area (Å²) in [4.78, 5) is 0. The molecule has 0 spiro atoms. The van der Waals surface area contributed by atoms with E-state index in [4.69, 9.17) is 4.55 Å². The SMILES string of the molecule is CNCCNSO. The fourth-order valence-corrected chi connectivity index (χ4v) is 0.415. The quantitative estimate of drug-likeness (QED) is 0.277. The predicted octanol–water partition coefficient (Wildman–Crippen LogP) is -0.0834. The van der Waals surface area contributed by atoms with E-state index in [1.54, 1.807) is 0 Å². The van der Waals surface area contributed by atoms with E-state index in [9.17, 15) is 0 Å². The Kier molecular flexibility index (Phi) is 6.43. The molecular weight excluding hydrogens is 112 g/mol. The highest BCUT2D eigenvalue weighted by Gasteiger charge is 1.77. The number of rotatable bonds is 4. The number of nitrogens with one attached hydrogen (secondary N) is 2. The summed E-state index contributed by atoms with van der Waals surface area (Å²) in [5.41, 5.74) is 0. The van der Waals surface area contributed by atoms with E-state index in [-0.39, 0.29) is 0 Å². The molecule has 44 valence electrons. The van der Waals surface area contributed by atoms with Crippen molar-refractivity contribution in [2.24, 2.45) is 0 Å². The van der Waals surface area contributed by atoms with Crippen LogP contribution in [0.3, 0.4) is 0 Å². The lowest BCUT2D eigenvalue weighted by Crippen LogP contribution is -2.19. The second-order valence-corrected chi connectivity index (χ2v) is 1.56. The highest BCUT2D eigenvalue weighted by atomic mass is 32.2. The molecular formula is C3H10N2OS. The van der Waals surface area contributed by atoms with Gasteiger partial charge in [0.25, 0.3) is 0 Å². The maximum atomic E-state index is 8.07. The van der Waals surface area contributed by atoms with Crippen molar-refractivity contribution in [1.82, 2.24) is 10.0 Å². The van der Waals surface area contributed by atoms with Crippen molar-refractivity contribution in [2.75, 3.05) is 20.1 Å². The van der Waals surface area contributed by atoms with Crippen LogP contribution in [0.15, 0.2) is 0 Å². The van der Waals surface area contributed by atoms with Crippen molar-refractivity contribution >= 4 is 12.2 Å². The summed E-state index contributed by atoms with van der Waals surface area (Å²) in [6.07, 6.45) is 0. The fraction of sp³-hybridized carbons (Fsp3) is 1.00. The lowest BCUT2D eigenvalue weighted by Gasteiger charge is -1.94. The van der Waals surface area contributed by atoms with Gasteiger partial charge in [0.1, 0.15) is 0 Å². The van der Waals surface area contributed by atoms with Gasteiger partial charge in [0.2, 0.25) is 0 Å². The minimum atomic E-state index is 0.652. The Morgan fingerprint density at radius 3 is 2.71 bits per heavy atom. The van der Waals surface area contributed by atoms with Gasteiger partial charge in [-0.3, -0.25) is 0 Å². The molecule has 0 heterocycles.